The summed E-state index contributed by atoms with van der Waals surface area (Å²) in [5.74, 6) is 0.692. The third kappa shape index (κ3) is 2.13. The van der Waals surface area contributed by atoms with Crippen LogP contribution in [0.2, 0.25) is 4.34 Å². The van der Waals surface area contributed by atoms with Gasteiger partial charge in [0.25, 0.3) is 0 Å². The molecule has 0 amide bonds. The van der Waals surface area contributed by atoms with E-state index >= 15 is 0 Å². The number of halogens is 1. The van der Waals surface area contributed by atoms with E-state index in [-0.39, 0.29) is 0 Å². The fourth-order valence-corrected chi connectivity index (χ4v) is 3.41. The van der Waals surface area contributed by atoms with Gasteiger partial charge in [-0.15, -0.1) is 11.3 Å². The van der Waals surface area contributed by atoms with Crippen LogP contribution in [0.15, 0.2) is 11.4 Å². The minimum Gasteiger partial charge on any atom is -0.314 e. The van der Waals surface area contributed by atoms with Crippen molar-refractivity contribution in [1.82, 2.24) is 5.32 Å². The topological polar surface area (TPSA) is 12.0 Å². The van der Waals surface area contributed by atoms with Gasteiger partial charge in [-0.05, 0) is 48.7 Å². The van der Waals surface area contributed by atoms with Crippen molar-refractivity contribution in [2.45, 2.75) is 38.1 Å². The van der Waals surface area contributed by atoms with E-state index in [0.717, 1.165) is 10.9 Å². The first-order valence-corrected chi connectivity index (χ1v) is 6.53. The molecule has 1 aliphatic rings. The Bertz CT molecular complexity index is 297. The molecule has 78 valence electrons. The molecule has 2 atom stereocenters. The highest BCUT2D eigenvalue weighted by atomic mass is 35.5. The number of rotatable bonds is 3. The summed E-state index contributed by atoms with van der Waals surface area (Å²) in [7, 11) is 0. The Kier molecular flexibility index (Phi) is 3.47. The predicted octanol–water partition coefficient (Wildman–Crippen LogP) is 3.65. The normalized spacial score (nSPS) is 27.0. The zero-order chi connectivity index (χ0) is 9.97. The Morgan fingerprint density at radius 1 is 1.57 bits per heavy atom. The van der Waals surface area contributed by atoms with Gasteiger partial charge < -0.3 is 5.32 Å². The SMILES string of the molecule is CCNC1CCC(c2ccsc2Cl)C1. The molecular weight excluding hydrogens is 214 g/mol. The van der Waals surface area contributed by atoms with Gasteiger partial charge in [0.15, 0.2) is 0 Å². The van der Waals surface area contributed by atoms with Crippen LogP contribution in [-0.2, 0) is 0 Å². The van der Waals surface area contributed by atoms with Crippen molar-refractivity contribution in [2.75, 3.05) is 6.54 Å². The van der Waals surface area contributed by atoms with Gasteiger partial charge in [0, 0.05) is 6.04 Å². The molecule has 0 aliphatic heterocycles. The second kappa shape index (κ2) is 4.65. The van der Waals surface area contributed by atoms with E-state index in [9.17, 15) is 0 Å². The number of hydrogen-bond donors (Lipinski definition) is 1. The summed E-state index contributed by atoms with van der Waals surface area (Å²) in [6, 6.07) is 2.90. The van der Waals surface area contributed by atoms with Crippen LogP contribution in [0.1, 0.15) is 37.7 Å². The van der Waals surface area contributed by atoms with Crippen molar-refractivity contribution >= 4 is 22.9 Å². The first-order valence-electron chi connectivity index (χ1n) is 5.27. The van der Waals surface area contributed by atoms with E-state index < -0.39 is 0 Å². The van der Waals surface area contributed by atoms with Gasteiger partial charge in [0.2, 0.25) is 0 Å². The highest BCUT2D eigenvalue weighted by Crippen LogP contribution is 2.39. The van der Waals surface area contributed by atoms with Gasteiger partial charge in [-0.3, -0.25) is 0 Å². The Balaban J connectivity index is 1.99. The first-order chi connectivity index (χ1) is 6.81. The maximum absolute atomic E-state index is 6.14. The predicted molar refractivity (Wildman–Crippen MR) is 63.4 cm³/mol. The van der Waals surface area contributed by atoms with Crippen LogP contribution in [-0.4, -0.2) is 12.6 Å². The van der Waals surface area contributed by atoms with E-state index in [1.54, 1.807) is 11.3 Å². The van der Waals surface area contributed by atoms with E-state index in [1.165, 1.54) is 24.8 Å². The molecule has 1 nitrogen and oxygen atoms in total. The molecule has 3 heteroatoms. The zero-order valence-electron chi connectivity index (χ0n) is 8.42. The number of thiophene rings is 1. The van der Waals surface area contributed by atoms with Crippen LogP contribution in [0.3, 0.4) is 0 Å². The van der Waals surface area contributed by atoms with Crippen molar-refractivity contribution in [3.05, 3.63) is 21.3 Å². The average Bonchev–Trinajstić information content (AvgIpc) is 2.74. The molecule has 1 aliphatic carbocycles. The summed E-state index contributed by atoms with van der Waals surface area (Å²) in [4.78, 5) is 0. The Hall–Kier alpha value is -0.0500. The lowest BCUT2D eigenvalue weighted by atomic mass is 10.0. The van der Waals surface area contributed by atoms with Gasteiger partial charge in [0.05, 0.1) is 4.34 Å². The second-order valence-corrected chi connectivity index (χ2v) is 5.43. The van der Waals surface area contributed by atoms with Gasteiger partial charge in [0.1, 0.15) is 0 Å². The number of hydrogen-bond acceptors (Lipinski definition) is 2. The molecule has 0 radical (unpaired) electrons. The molecule has 1 N–H and O–H groups in total. The van der Waals surface area contributed by atoms with E-state index in [2.05, 4.69) is 23.7 Å². The van der Waals surface area contributed by atoms with Gasteiger partial charge in [-0.25, -0.2) is 0 Å². The van der Waals surface area contributed by atoms with Crippen molar-refractivity contribution in [1.29, 1.82) is 0 Å². The lowest BCUT2D eigenvalue weighted by molar-refractivity contribution is 0.535. The summed E-state index contributed by atoms with van der Waals surface area (Å²) in [5.41, 5.74) is 1.37. The molecular formula is C11H16ClNS. The van der Waals surface area contributed by atoms with E-state index in [1.807, 2.05) is 0 Å². The third-order valence-corrected chi connectivity index (χ3v) is 4.21. The minimum absolute atomic E-state index is 0.692. The minimum atomic E-state index is 0.692. The molecule has 1 aromatic rings. The maximum atomic E-state index is 6.14. The van der Waals surface area contributed by atoms with E-state index in [4.69, 9.17) is 11.6 Å². The molecule has 2 rings (SSSR count). The quantitative estimate of drug-likeness (QED) is 0.835. The highest BCUT2D eigenvalue weighted by molar-refractivity contribution is 7.14. The largest absolute Gasteiger partial charge is 0.314 e. The van der Waals surface area contributed by atoms with Gasteiger partial charge >= 0.3 is 0 Å². The Morgan fingerprint density at radius 3 is 3.07 bits per heavy atom. The molecule has 2 unspecified atom stereocenters. The first kappa shape index (κ1) is 10.5. The zero-order valence-corrected chi connectivity index (χ0v) is 10.00. The maximum Gasteiger partial charge on any atom is 0.0963 e. The summed E-state index contributed by atoms with van der Waals surface area (Å²) < 4.78 is 0.993. The molecule has 0 aromatic carbocycles. The molecule has 14 heavy (non-hydrogen) atoms. The molecule has 0 saturated heterocycles. The lowest BCUT2D eigenvalue weighted by Gasteiger charge is -2.11. The monoisotopic (exact) mass is 229 g/mol. The second-order valence-electron chi connectivity index (χ2n) is 3.91. The van der Waals surface area contributed by atoms with Gasteiger partial charge in [-0.1, -0.05) is 18.5 Å². The highest BCUT2D eigenvalue weighted by Gasteiger charge is 2.26. The van der Waals surface area contributed by atoms with E-state index in [0.29, 0.717) is 12.0 Å². The smallest absolute Gasteiger partial charge is 0.0963 e. The third-order valence-electron chi connectivity index (χ3n) is 3.01. The molecule has 0 bridgehead atoms. The van der Waals surface area contributed by atoms with Gasteiger partial charge in [-0.2, -0.15) is 0 Å². The Labute approximate surface area is 94.5 Å². The summed E-state index contributed by atoms with van der Waals surface area (Å²) in [5, 5.41) is 5.61. The van der Waals surface area contributed by atoms with Crippen LogP contribution < -0.4 is 5.32 Å². The van der Waals surface area contributed by atoms with Crippen LogP contribution in [0.5, 0.6) is 0 Å². The molecule has 1 fully saturated rings. The van der Waals surface area contributed by atoms with Crippen molar-refractivity contribution in [2.24, 2.45) is 0 Å². The summed E-state index contributed by atoms with van der Waals surface area (Å²) in [6.45, 7) is 3.25. The molecule has 1 heterocycles. The summed E-state index contributed by atoms with van der Waals surface area (Å²) >= 11 is 7.79. The van der Waals surface area contributed by atoms with Crippen LogP contribution in [0.25, 0.3) is 0 Å². The fraction of sp³-hybridized carbons (Fsp3) is 0.636. The average molecular weight is 230 g/mol. The molecule has 1 saturated carbocycles. The molecule has 0 spiro atoms. The number of nitrogens with one attached hydrogen (secondary N) is 1. The lowest BCUT2D eigenvalue weighted by Crippen LogP contribution is -2.25. The fourth-order valence-electron chi connectivity index (χ4n) is 2.34. The van der Waals surface area contributed by atoms with Crippen molar-refractivity contribution < 1.29 is 0 Å². The Morgan fingerprint density at radius 2 is 2.43 bits per heavy atom. The molecule has 1 aromatic heterocycles. The standard InChI is InChI=1S/C11H16ClNS/c1-2-13-9-4-3-8(7-9)10-5-6-14-11(10)12/h5-6,8-9,13H,2-4,7H2,1H3. The van der Waals surface area contributed by atoms with Crippen LogP contribution >= 0.6 is 22.9 Å². The van der Waals surface area contributed by atoms with Crippen molar-refractivity contribution in [3.8, 4) is 0 Å². The van der Waals surface area contributed by atoms with Crippen LogP contribution in [0.4, 0.5) is 0 Å². The summed E-state index contributed by atoms with van der Waals surface area (Å²) in [6.07, 6.45) is 3.84. The van der Waals surface area contributed by atoms with Crippen molar-refractivity contribution in [3.63, 3.8) is 0 Å². The van der Waals surface area contributed by atoms with Crippen LogP contribution in [0, 0.1) is 0 Å².